The summed E-state index contributed by atoms with van der Waals surface area (Å²) in [5, 5.41) is 21.3. The summed E-state index contributed by atoms with van der Waals surface area (Å²) in [5.41, 5.74) is 1.19. The van der Waals surface area contributed by atoms with Crippen LogP contribution in [0.15, 0.2) is 29.4 Å². The Morgan fingerprint density at radius 3 is 2.85 bits per heavy atom. The molecule has 0 atom stereocenters. The van der Waals surface area contributed by atoms with Gasteiger partial charge >= 0.3 is 7.12 Å². The first kappa shape index (κ1) is 9.76. The largest absolute Gasteiger partial charge is 0.488 e. The summed E-state index contributed by atoms with van der Waals surface area (Å²) in [5.74, 6) is 0. The van der Waals surface area contributed by atoms with Crippen LogP contribution in [0.1, 0.15) is 5.56 Å². The van der Waals surface area contributed by atoms with Crippen molar-refractivity contribution in [3.05, 3.63) is 29.8 Å². The van der Waals surface area contributed by atoms with E-state index in [1.165, 1.54) is 13.3 Å². The van der Waals surface area contributed by atoms with Crippen LogP contribution >= 0.6 is 0 Å². The Kier molecular flexibility index (Phi) is 3.48. The maximum Gasteiger partial charge on any atom is 0.488 e. The zero-order valence-corrected chi connectivity index (χ0v) is 7.21. The van der Waals surface area contributed by atoms with Gasteiger partial charge in [0.1, 0.15) is 7.11 Å². The van der Waals surface area contributed by atoms with Gasteiger partial charge in [0, 0.05) is 0 Å². The molecule has 13 heavy (non-hydrogen) atoms. The number of oxime groups is 1. The van der Waals surface area contributed by atoms with E-state index in [4.69, 9.17) is 10.0 Å². The first-order chi connectivity index (χ1) is 6.24. The lowest BCUT2D eigenvalue weighted by atomic mass is 9.80. The lowest BCUT2D eigenvalue weighted by Gasteiger charge is -1.99. The van der Waals surface area contributed by atoms with Crippen molar-refractivity contribution in [2.45, 2.75) is 0 Å². The topological polar surface area (TPSA) is 62.0 Å². The van der Waals surface area contributed by atoms with Gasteiger partial charge in [0.15, 0.2) is 0 Å². The van der Waals surface area contributed by atoms with Crippen molar-refractivity contribution in [3.63, 3.8) is 0 Å². The van der Waals surface area contributed by atoms with E-state index in [-0.39, 0.29) is 0 Å². The lowest BCUT2D eigenvalue weighted by molar-refractivity contribution is 0.215. The third-order valence-electron chi connectivity index (χ3n) is 1.52. The minimum absolute atomic E-state index is 0.431. The first-order valence-electron chi connectivity index (χ1n) is 3.76. The highest BCUT2D eigenvalue weighted by Gasteiger charge is 2.09. The maximum absolute atomic E-state index is 8.85. The van der Waals surface area contributed by atoms with Gasteiger partial charge in [-0.1, -0.05) is 29.4 Å². The number of nitrogens with zero attached hydrogens (tertiary/aromatic N) is 1. The highest BCUT2D eigenvalue weighted by Crippen LogP contribution is 1.93. The highest BCUT2D eigenvalue weighted by atomic mass is 16.6. The second-order valence-electron chi connectivity index (χ2n) is 2.46. The summed E-state index contributed by atoms with van der Waals surface area (Å²) < 4.78 is 0. The summed E-state index contributed by atoms with van der Waals surface area (Å²) in [7, 11) is -0.00257. The normalized spacial score (nSPS) is 10.4. The molecule has 1 aromatic rings. The van der Waals surface area contributed by atoms with Crippen LogP contribution in [0.5, 0.6) is 0 Å². The molecule has 0 amide bonds. The van der Waals surface area contributed by atoms with E-state index < -0.39 is 7.12 Å². The van der Waals surface area contributed by atoms with E-state index in [2.05, 4.69) is 9.99 Å². The average Bonchev–Trinajstić information content (AvgIpc) is 2.15. The van der Waals surface area contributed by atoms with E-state index in [0.717, 1.165) is 5.56 Å². The number of rotatable bonds is 3. The Bertz CT molecular complexity index is 301. The number of hydrogen-bond acceptors (Lipinski definition) is 4. The van der Waals surface area contributed by atoms with Crippen LogP contribution in [0.2, 0.25) is 0 Å². The highest BCUT2D eigenvalue weighted by molar-refractivity contribution is 6.58. The van der Waals surface area contributed by atoms with E-state index in [9.17, 15) is 0 Å². The van der Waals surface area contributed by atoms with Crippen molar-refractivity contribution in [2.24, 2.45) is 5.16 Å². The quantitative estimate of drug-likeness (QED) is 0.368. The molecule has 0 fully saturated rings. The lowest BCUT2D eigenvalue weighted by Crippen LogP contribution is -2.29. The molecular formula is C8H10BNO3. The molecule has 0 aliphatic carbocycles. The third-order valence-corrected chi connectivity index (χ3v) is 1.52. The number of hydrogen-bond donors (Lipinski definition) is 2. The summed E-state index contributed by atoms with van der Waals surface area (Å²) in [6.07, 6.45) is 1.49. The van der Waals surface area contributed by atoms with E-state index in [0.29, 0.717) is 5.46 Å². The van der Waals surface area contributed by atoms with Crippen molar-refractivity contribution < 1.29 is 14.9 Å². The molecule has 4 nitrogen and oxygen atoms in total. The minimum Gasteiger partial charge on any atom is -0.423 e. The Hall–Kier alpha value is -1.33. The average molecular weight is 179 g/mol. The Morgan fingerprint density at radius 1 is 1.46 bits per heavy atom. The van der Waals surface area contributed by atoms with Crippen LogP contribution < -0.4 is 5.46 Å². The Morgan fingerprint density at radius 2 is 2.23 bits per heavy atom. The molecule has 68 valence electrons. The molecule has 0 radical (unpaired) electrons. The molecule has 1 rings (SSSR count). The molecule has 0 heterocycles. The third kappa shape index (κ3) is 2.89. The van der Waals surface area contributed by atoms with Crippen molar-refractivity contribution in [1.29, 1.82) is 0 Å². The molecule has 0 aliphatic heterocycles. The molecule has 0 aliphatic rings. The van der Waals surface area contributed by atoms with Crippen molar-refractivity contribution >= 4 is 18.8 Å². The standard InChI is InChI=1S/C8H10BNO3/c1-13-10-6-7-3-2-4-8(5-7)9(11)12/h2-6,11-12H,1H3/b10-6+. The van der Waals surface area contributed by atoms with Crippen LogP contribution in [0.4, 0.5) is 0 Å². The van der Waals surface area contributed by atoms with Gasteiger partial charge in [-0.2, -0.15) is 0 Å². The fourth-order valence-corrected chi connectivity index (χ4v) is 0.913. The van der Waals surface area contributed by atoms with Gasteiger partial charge in [-0.3, -0.25) is 0 Å². The Balaban J connectivity index is 2.85. The number of benzene rings is 1. The van der Waals surface area contributed by atoms with E-state index in [1.807, 2.05) is 0 Å². The van der Waals surface area contributed by atoms with Crippen LogP contribution in [-0.2, 0) is 4.84 Å². The molecule has 0 unspecified atom stereocenters. The zero-order valence-electron chi connectivity index (χ0n) is 7.21. The summed E-state index contributed by atoms with van der Waals surface area (Å²) in [6, 6.07) is 6.74. The fraction of sp³-hybridized carbons (Fsp3) is 0.125. The second kappa shape index (κ2) is 4.64. The van der Waals surface area contributed by atoms with Crippen molar-refractivity contribution in [3.8, 4) is 0 Å². The van der Waals surface area contributed by atoms with Crippen LogP contribution in [0, 0.1) is 0 Å². The van der Waals surface area contributed by atoms with Crippen LogP contribution in [-0.4, -0.2) is 30.5 Å². The van der Waals surface area contributed by atoms with E-state index in [1.54, 1.807) is 24.3 Å². The molecule has 1 aromatic carbocycles. The second-order valence-corrected chi connectivity index (χ2v) is 2.46. The predicted octanol–water partition coefficient (Wildman–Crippen LogP) is -0.653. The summed E-state index contributed by atoms with van der Waals surface area (Å²) in [6.45, 7) is 0. The summed E-state index contributed by atoms with van der Waals surface area (Å²) >= 11 is 0. The van der Waals surface area contributed by atoms with Gasteiger partial charge in [0.05, 0.1) is 6.21 Å². The monoisotopic (exact) mass is 179 g/mol. The SMILES string of the molecule is CO/N=C/c1cccc(B(O)O)c1. The smallest absolute Gasteiger partial charge is 0.423 e. The molecule has 0 aromatic heterocycles. The molecule has 0 saturated heterocycles. The zero-order chi connectivity index (χ0) is 9.68. The Labute approximate surface area is 76.6 Å². The van der Waals surface area contributed by atoms with Gasteiger partial charge in [-0.15, -0.1) is 0 Å². The first-order valence-corrected chi connectivity index (χ1v) is 3.76. The fourth-order valence-electron chi connectivity index (χ4n) is 0.913. The van der Waals surface area contributed by atoms with Crippen molar-refractivity contribution in [2.75, 3.05) is 7.11 Å². The molecule has 0 bridgehead atoms. The van der Waals surface area contributed by atoms with Gasteiger partial charge in [-0.25, -0.2) is 0 Å². The van der Waals surface area contributed by atoms with Gasteiger partial charge in [-0.05, 0) is 11.0 Å². The molecule has 0 saturated carbocycles. The van der Waals surface area contributed by atoms with Gasteiger partial charge in [0.25, 0.3) is 0 Å². The summed E-state index contributed by atoms with van der Waals surface area (Å²) in [4.78, 5) is 4.49. The van der Waals surface area contributed by atoms with E-state index >= 15 is 0 Å². The van der Waals surface area contributed by atoms with Crippen LogP contribution in [0.25, 0.3) is 0 Å². The van der Waals surface area contributed by atoms with Crippen LogP contribution in [0.3, 0.4) is 0 Å². The molecule has 5 heteroatoms. The van der Waals surface area contributed by atoms with Gasteiger partial charge in [0.2, 0.25) is 0 Å². The predicted molar refractivity (Wildman–Crippen MR) is 50.9 cm³/mol. The maximum atomic E-state index is 8.85. The molecule has 2 N–H and O–H groups in total. The van der Waals surface area contributed by atoms with Gasteiger partial charge < -0.3 is 14.9 Å². The molecular weight excluding hydrogens is 169 g/mol. The molecule has 0 spiro atoms. The minimum atomic E-state index is -1.45. The van der Waals surface area contributed by atoms with Crippen molar-refractivity contribution in [1.82, 2.24) is 0 Å².